The Balaban J connectivity index is 2.05. The van der Waals surface area contributed by atoms with Crippen LogP contribution in [0.2, 0.25) is 0 Å². The van der Waals surface area contributed by atoms with Gasteiger partial charge in [0.05, 0.1) is 6.54 Å². The van der Waals surface area contributed by atoms with Crippen LogP contribution in [0.15, 0.2) is 60.7 Å². The maximum absolute atomic E-state index is 12.0. The van der Waals surface area contributed by atoms with Gasteiger partial charge in [0.25, 0.3) is 0 Å². The van der Waals surface area contributed by atoms with Gasteiger partial charge < -0.3 is 14.5 Å². The van der Waals surface area contributed by atoms with Crippen molar-refractivity contribution in [1.82, 2.24) is 4.67 Å². The molecule has 0 atom stereocenters. The highest BCUT2D eigenvalue weighted by Gasteiger charge is 2.32. The molecule has 22 heavy (non-hydrogen) atoms. The molecule has 0 saturated heterocycles. The topological polar surface area (TPSA) is 87.1 Å². The number of hydrogen-bond donors (Lipinski definition) is 2. The second-order valence-corrected chi connectivity index (χ2v) is 6.11. The zero-order chi connectivity index (χ0) is 16.0. The number of carbonyl (C=O) groups is 1. The highest BCUT2D eigenvalue weighted by atomic mass is 31.2. The van der Waals surface area contributed by atoms with E-state index < -0.39 is 13.8 Å². The zero-order valence-electron chi connectivity index (χ0n) is 11.7. The van der Waals surface area contributed by atoms with E-state index in [1.807, 2.05) is 6.07 Å². The smallest absolute Gasteiger partial charge is 0.435 e. The maximum atomic E-state index is 12.0. The fourth-order valence-corrected chi connectivity index (χ4v) is 2.43. The first-order chi connectivity index (χ1) is 10.5. The maximum Gasteiger partial charge on any atom is 0.435 e. The molecule has 2 aromatic carbocycles. The van der Waals surface area contributed by atoms with E-state index in [1.165, 1.54) is 0 Å². The molecule has 0 aromatic heterocycles. The summed E-state index contributed by atoms with van der Waals surface area (Å²) in [5.41, 5.74) is 1.34. The largest absolute Gasteiger partial charge is 0.444 e. The van der Waals surface area contributed by atoms with Gasteiger partial charge in [-0.2, -0.15) is 0 Å². The number of carbonyl (C=O) groups excluding carboxylic acids is 1. The lowest BCUT2D eigenvalue weighted by Gasteiger charge is -2.22. The number of ether oxygens (including phenoxy) is 1. The molecule has 2 rings (SSSR count). The van der Waals surface area contributed by atoms with Crippen molar-refractivity contribution in [3.63, 3.8) is 0 Å². The Morgan fingerprint density at radius 1 is 0.955 bits per heavy atom. The van der Waals surface area contributed by atoms with Gasteiger partial charge in [-0.1, -0.05) is 60.7 Å². The van der Waals surface area contributed by atoms with Gasteiger partial charge in [-0.05, 0) is 11.1 Å². The summed E-state index contributed by atoms with van der Waals surface area (Å²) in [7, 11) is -4.76. The molecule has 6 nitrogen and oxygen atoms in total. The summed E-state index contributed by atoms with van der Waals surface area (Å²) in [5.74, 6) is 0. The van der Waals surface area contributed by atoms with Crippen molar-refractivity contribution in [3.8, 4) is 0 Å². The molecule has 0 fully saturated rings. The molecule has 0 aliphatic rings. The quantitative estimate of drug-likeness (QED) is 0.827. The van der Waals surface area contributed by atoms with Crippen LogP contribution < -0.4 is 0 Å². The van der Waals surface area contributed by atoms with E-state index >= 15 is 0 Å². The van der Waals surface area contributed by atoms with E-state index in [9.17, 15) is 19.1 Å². The highest BCUT2D eigenvalue weighted by Crippen LogP contribution is 2.41. The van der Waals surface area contributed by atoms with Gasteiger partial charge in [0.15, 0.2) is 0 Å². The van der Waals surface area contributed by atoms with Crippen molar-refractivity contribution in [3.05, 3.63) is 71.8 Å². The second-order valence-electron chi connectivity index (χ2n) is 4.60. The summed E-state index contributed by atoms with van der Waals surface area (Å²) in [6.45, 7) is -0.274. The molecule has 0 unspecified atom stereocenters. The molecular formula is C15H16NO5P. The molecule has 116 valence electrons. The molecule has 0 bridgehead atoms. The SMILES string of the molecule is O=C(OCc1ccccc1)N(Cc1ccccc1)P(=O)(O)O. The third kappa shape index (κ3) is 4.70. The van der Waals surface area contributed by atoms with Crippen molar-refractivity contribution in [2.24, 2.45) is 0 Å². The molecule has 2 aromatic rings. The summed E-state index contributed by atoms with van der Waals surface area (Å²) >= 11 is 0. The Bertz CT molecular complexity index is 656. The third-order valence-corrected chi connectivity index (χ3v) is 3.84. The summed E-state index contributed by atoms with van der Waals surface area (Å²) < 4.78 is 16.9. The predicted octanol–water partition coefficient (Wildman–Crippen LogP) is 2.92. The van der Waals surface area contributed by atoms with Gasteiger partial charge in [-0.3, -0.25) is 0 Å². The Hall–Kier alpha value is -2.14. The van der Waals surface area contributed by atoms with Crippen molar-refractivity contribution < 1.29 is 23.9 Å². The summed E-state index contributed by atoms with van der Waals surface area (Å²) in [6.07, 6.45) is -1.05. The second kappa shape index (κ2) is 7.22. The van der Waals surface area contributed by atoms with E-state index in [4.69, 9.17) is 4.74 Å². The first-order valence-electron chi connectivity index (χ1n) is 6.55. The lowest BCUT2D eigenvalue weighted by molar-refractivity contribution is 0.109. The van der Waals surface area contributed by atoms with Gasteiger partial charge in [-0.15, -0.1) is 0 Å². The van der Waals surface area contributed by atoms with Crippen LogP contribution in [0, 0.1) is 0 Å². The minimum Gasteiger partial charge on any atom is -0.444 e. The Morgan fingerprint density at radius 2 is 1.45 bits per heavy atom. The van der Waals surface area contributed by atoms with Gasteiger partial charge in [-0.25, -0.2) is 14.0 Å². The molecule has 0 aliphatic carbocycles. The van der Waals surface area contributed by atoms with Crippen LogP contribution in [0.5, 0.6) is 0 Å². The Labute approximate surface area is 128 Å². The third-order valence-electron chi connectivity index (χ3n) is 2.91. The molecule has 0 aliphatic heterocycles. The molecule has 0 radical (unpaired) electrons. The fraction of sp³-hybridized carbons (Fsp3) is 0.133. The van der Waals surface area contributed by atoms with Crippen molar-refractivity contribution in [1.29, 1.82) is 0 Å². The minimum absolute atomic E-state index is 0.0506. The van der Waals surface area contributed by atoms with Crippen LogP contribution >= 0.6 is 7.75 Å². The molecule has 1 amide bonds. The molecule has 7 heteroatoms. The molecule has 2 N–H and O–H groups in total. The zero-order valence-corrected chi connectivity index (χ0v) is 12.6. The predicted molar refractivity (Wildman–Crippen MR) is 80.7 cm³/mol. The molecular weight excluding hydrogens is 305 g/mol. The Kier molecular flexibility index (Phi) is 5.33. The minimum atomic E-state index is -4.76. The van der Waals surface area contributed by atoms with Gasteiger partial charge in [0.1, 0.15) is 6.61 Å². The Morgan fingerprint density at radius 3 is 1.95 bits per heavy atom. The number of amides is 1. The molecule has 0 saturated carbocycles. The van der Waals surface area contributed by atoms with E-state index in [2.05, 4.69) is 0 Å². The standard InChI is InChI=1S/C15H16NO5P/c17-15(21-12-14-9-5-2-6-10-14)16(22(18,19)20)11-13-7-3-1-4-8-13/h1-10H,11-12H2,(H2,18,19,20). The fourth-order valence-electron chi connectivity index (χ4n) is 1.81. The summed E-state index contributed by atoms with van der Waals surface area (Å²) in [6, 6.07) is 17.5. The van der Waals surface area contributed by atoms with Gasteiger partial charge in [0.2, 0.25) is 0 Å². The average Bonchev–Trinajstić information content (AvgIpc) is 2.51. The van der Waals surface area contributed by atoms with Crippen LogP contribution in [-0.2, 0) is 22.5 Å². The lowest BCUT2D eigenvalue weighted by Crippen LogP contribution is -2.28. The number of benzene rings is 2. The van der Waals surface area contributed by atoms with Crippen molar-refractivity contribution in [2.45, 2.75) is 13.2 Å². The van der Waals surface area contributed by atoms with Crippen molar-refractivity contribution >= 4 is 13.8 Å². The highest BCUT2D eigenvalue weighted by molar-refractivity contribution is 7.49. The first-order valence-corrected chi connectivity index (χ1v) is 8.11. The van der Waals surface area contributed by atoms with Crippen LogP contribution in [0.3, 0.4) is 0 Å². The summed E-state index contributed by atoms with van der Waals surface area (Å²) in [4.78, 5) is 30.7. The van der Waals surface area contributed by atoms with Crippen LogP contribution in [0.1, 0.15) is 11.1 Å². The number of rotatable bonds is 5. The number of hydrogen-bond acceptors (Lipinski definition) is 3. The van der Waals surface area contributed by atoms with E-state index in [0.717, 1.165) is 5.56 Å². The van der Waals surface area contributed by atoms with E-state index in [0.29, 0.717) is 10.2 Å². The number of nitrogens with zero attached hydrogens (tertiary/aromatic N) is 1. The van der Waals surface area contributed by atoms with Crippen LogP contribution in [-0.4, -0.2) is 20.6 Å². The van der Waals surface area contributed by atoms with Crippen molar-refractivity contribution in [2.75, 3.05) is 0 Å². The average molecular weight is 321 g/mol. The van der Waals surface area contributed by atoms with Gasteiger partial charge in [0, 0.05) is 0 Å². The normalized spacial score (nSPS) is 11.0. The van der Waals surface area contributed by atoms with Crippen LogP contribution in [0.25, 0.3) is 0 Å². The first kappa shape index (κ1) is 16.2. The van der Waals surface area contributed by atoms with E-state index in [1.54, 1.807) is 54.6 Å². The van der Waals surface area contributed by atoms with E-state index in [-0.39, 0.29) is 13.2 Å². The van der Waals surface area contributed by atoms with Crippen LogP contribution in [0.4, 0.5) is 4.79 Å². The monoisotopic (exact) mass is 321 g/mol. The molecule has 0 spiro atoms. The lowest BCUT2D eigenvalue weighted by atomic mass is 10.2. The summed E-state index contributed by atoms with van der Waals surface area (Å²) in [5, 5.41) is 0. The van der Waals surface area contributed by atoms with Gasteiger partial charge >= 0.3 is 13.8 Å². The molecule has 0 heterocycles.